The molecule has 0 amide bonds. The summed E-state index contributed by atoms with van der Waals surface area (Å²) in [6.45, 7) is 0.855. The number of piperidine rings is 1. The number of pyridine rings is 1. The first-order valence-corrected chi connectivity index (χ1v) is 6.85. The van der Waals surface area contributed by atoms with Crippen LogP contribution in [-0.4, -0.2) is 47.3 Å². The number of alkyl halides is 3. The lowest BCUT2D eigenvalue weighted by molar-refractivity contribution is -0.153. The van der Waals surface area contributed by atoms with Crippen molar-refractivity contribution in [3.05, 3.63) is 29.6 Å². The zero-order valence-corrected chi connectivity index (χ0v) is 11.6. The molecule has 2 saturated heterocycles. The molecule has 2 atom stereocenters. The van der Waals surface area contributed by atoms with Gasteiger partial charge in [0.1, 0.15) is 0 Å². The van der Waals surface area contributed by atoms with Gasteiger partial charge in [-0.1, -0.05) is 0 Å². The Hall–Kier alpha value is -1.18. The van der Waals surface area contributed by atoms with Gasteiger partial charge in [-0.2, -0.15) is 13.2 Å². The highest BCUT2D eigenvalue weighted by Crippen LogP contribution is 2.44. The second-order valence-electron chi connectivity index (χ2n) is 5.87. The summed E-state index contributed by atoms with van der Waals surface area (Å²) in [7, 11) is 1.92. The molecular weight excluding hydrogens is 285 g/mol. The third kappa shape index (κ3) is 2.54. The van der Waals surface area contributed by atoms with Gasteiger partial charge in [-0.15, -0.1) is 0 Å². The summed E-state index contributed by atoms with van der Waals surface area (Å²) in [6, 6.07) is 0.769. The molecule has 0 radical (unpaired) electrons. The van der Waals surface area contributed by atoms with Gasteiger partial charge in [-0.25, -0.2) is 0 Å². The number of morpholine rings is 1. The van der Waals surface area contributed by atoms with E-state index >= 15 is 0 Å². The molecule has 2 aliphatic rings. The largest absolute Gasteiger partial charge is 0.416 e. The third-order valence-electron chi connectivity index (χ3n) is 4.55. The van der Waals surface area contributed by atoms with Gasteiger partial charge in [0.2, 0.25) is 0 Å². The van der Waals surface area contributed by atoms with Crippen LogP contribution in [0.4, 0.5) is 13.2 Å². The monoisotopic (exact) mass is 302 g/mol. The minimum Gasteiger partial charge on any atom is -0.385 e. The minimum absolute atomic E-state index is 0.0798. The van der Waals surface area contributed by atoms with Crippen LogP contribution in [0.2, 0.25) is 0 Å². The van der Waals surface area contributed by atoms with Crippen molar-refractivity contribution in [2.75, 3.05) is 20.3 Å². The van der Waals surface area contributed by atoms with Gasteiger partial charge < -0.3 is 9.84 Å². The summed E-state index contributed by atoms with van der Waals surface area (Å²) in [5, 5.41) is 10.9. The van der Waals surface area contributed by atoms with E-state index in [0.717, 1.165) is 18.5 Å². The predicted molar refractivity (Wildman–Crippen MR) is 68.5 cm³/mol. The van der Waals surface area contributed by atoms with Gasteiger partial charge in [-0.05, 0) is 26.0 Å². The molecule has 1 aromatic heterocycles. The Morgan fingerprint density at radius 3 is 2.52 bits per heavy atom. The first kappa shape index (κ1) is 14.7. The van der Waals surface area contributed by atoms with Crippen molar-refractivity contribution >= 4 is 0 Å². The number of aliphatic hydroxyl groups is 1. The lowest BCUT2D eigenvalue weighted by Gasteiger charge is -2.50. The first-order chi connectivity index (χ1) is 9.81. The zero-order valence-electron chi connectivity index (χ0n) is 11.6. The minimum atomic E-state index is -4.50. The zero-order chi connectivity index (χ0) is 15.3. The molecule has 2 unspecified atom stereocenters. The molecule has 4 nitrogen and oxygen atoms in total. The molecule has 0 spiro atoms. The fourth-order valence-corrected chi connectivity index (χ4v) is 3.37. The van der Waals surface area contributed by atoms with Crippen LogP contribution >= 0.6 is 0 Å². The van der Waals surface area contributed by atoms with Gasteiger partial charge in [-0.3, -0.25) is 9.88 Å². The standard InChI is InChI=1S/C14H17F3N2O2/c1-19-9-4-13(20,5-10(19)8-21-7-9)12-6-18-3-2-11(12)14(15,16)17/h2-3,6,9-10,20H,4-5,7-8H2,1H3. The molecule has 0 aromatic carbocycles. The van der Waals surface area contributed by atoms with Crippen molar-refractivity contribution in [3.63, 3.8) is 0 Å². The maximum atomic E-state index is 13.2. The summed E-state index contributed by atoms with van der Waals surface area (Å²) in [4.78, 5) is 5.87. The highest BCUT2D eigenvalue weighted by Gasteiger charge is 2.49. The van der Waals surface area contributed by atoms with Crippen LogP contribution in [0.25, 0.3) is 0 Å². The van der Waals surface area contributed by atoms with Gasteiger partial charge >= 0.3 is 6.18 Å². The van der Waals surface area contributed by atoms with E-state index in [4.69, 9.17) is 4.74 Å². The highest BCUT2D eigenvalue weighted by molar-refractivity contribution is 5.33. The van der Waals surface area contributed by atoms with Crippen molar-refractivity contribution in [1.29, 1.82) is 0 Å². The average Bonchev–Trinajstić information content (AvgIpc) is 2.40. The Labute approximate surface area is 120 Å². The van der Waals surface area contributed by atoms with E-state index in [-0.39, 0.29) is 30.5 Å². The van der Waals surface area contributed by atoms with Crippen LogP contribution in [-0.2, 0) is 16.5 Å². The Morgan fingerprint density at radius 2 is 1.95 bits per heavy atom. The van der Waals surface area contributed by atoms with E-state index in [0.29, 0.717) is 13.2 Å². The summed E-state index contributed by atoms with van der Waals surface area (Å²) in [6.07, 6.45) is -1.81. The van der Waals surface area contributed by atoms with Crippen LogP contribution in [0.3, 0.4) is 0 Å². The van der Waals surface area contributed by atoms with E-state index in [2.05, 4.69) is 9.88 Å². The number of fused-ring (bicyclic) bond motifs is 2. The number of rotatable bonds is 1. The van der Waals surface area contributed by atoms with Crippen molar-refractivity contribution < 1.29 is 23.0 Å². The van der Waals surface area contributed by atoms with Crippen LogP contribution in [0.15, 0.2) is 18.5 Å². The number of likely N-dealkylation sites (N-methyl/N-ethyl adjacent to an activating group) is 1. The molecule has 7 heteroatoms. The molecule has 0 aliphatic carbocycles. The Balaban J connectivity index is 2.00. The molecular formula is C14H17F3N2O2. The summed E-state index contributed by atoms with van der Waals surface area (Å²) < 4.78 is 44.9. The molecule has 2 fully saturated rings. The first-order valence-electron chi connectivity index (χ1n) is 6.85. The second-order valence-corrected chi connectivity index (χ2v) is 5.87. The van der Waals surface area contributed by atoms with E-state index in [1.54, 1.807) is 0 Å². The summed E-state index contributed by atoms with van der Waals surface area (Å²) in [5.41, 5.74) is -2.43. The third-order valence-corrected chi connectivity index (χ3v) is 4.55. The average molecular weight is 302 g/mol. The normalized spacial score (nSPS) is 34.0. The fraction of sp³-hybridized carbons (Fsp3) is 0.643. The Kier molecular flexibility index (Phi) is 3.46. The molecule has 116 valence electrons. The Bertz CT molecular complexity index is 521. The van der Waals surface area contributed by atoms with Crippen molar-refractivity contribution in [3.8, 4) is 0 Å². The lowest BCUT2D eigenvalue weighted by Crippen LogP contribution is -2.59. The van der Waals surface area contributed by atoms with Gasteiger partial charge in [0.15, 0.2) is 0 Å². The molecule has 2 aliphatic heterocycles. The molecule has 2 bridgehead atoms. The summed E-state index contributed by atoms with van der Waals surface area (Å²) >= 11 is 0. The second kappa shape index (κ2) is 4.93. The molecule has 3 heterocycles. The van der Waals surface area contributed by atoms with Gasteiger partial charge in [0.25, 0.3) is 0 Å². The number of halogens is 3. The number of aromatic nitrogens is 1. The van der Waals surface area contributed by atoms with Crippen LogP contribution in [0.1, 0.15) is 24.0 Å². The Morgan fingerprint density at radius 1 is 1.33 bits per heavy atom. The molecule has 1 N–H and O–H groups in total. The van der Waals surface area contributed by atoms with Gasteiger partial charge in [0, 0.05) is 30.0 Å². The van der Waals surface area contributed by atoms with Crippen LogP contribution in [0, 0.1) is 0 Å². The van der Waals surface area contributed by atoms with Crippen LogP contribution in [0.5, 0.6) is 0 Å². The van der Waals surface area contributed by atoms with Crippen LogP contribution < -0.4 is 0 Å². The fourth-order valence-electron chi connectivity index (χ4n) is 3.37. The van der Waals surface area contributed by atoms with Crippen molar-refractivity contribution in [2.45, 2.75) is 36.7 Å². The molecule has 0 saturated carbocycles. The SMILES string of the molecule is CN1C2COCC1CC(O)(c1cnccc1C(F)(F)F)C2. The van der Waals surface area contributed by atoms with E-state index in [1.807, 2.05) is 7.05 Å². The predicted octanol–water partition coefficient (Wildman–Crippen LogP) is 1.78. The van der Waals surface area contributed by atoms with Crippen molar-refractivity contribution in [1.82, 2.24) is 9.88 Å². The molecule has 3 rings (SSSR count). The maximum Gasteiger partial charge on any atom is 0.416 e. The van der Waals surface area contributed by atoms with E-state index < -0.39 is 17.3 Å². The van der Waals surface area contributed by atoms with Crippen molar-refractivity contribution in [2.24, 2.45) is 0 Å². The highest BCUT2D eigenvalue weighted by atomic mass is 19.4. The van der Waals surface area contributed by atoms with Gasteiger partial charge in [0.05, 0.1) is 24.4 Å². The topological polar surface area (TPSA) is 45.6 Å². The maximum absolute atomic E-state index is 13.2. The number of nitrogens with zero attached hydrogens (tertiary/aromatic N) is 2. The smallest absolute Gasteiger partial charge is 0.385 e. The quantitative estimate of drug-likeness (QED) is 0.859. The van der Waals surface area contributed by atoms with E-state index in [1.165, 1.54) is 0 Å². The number of ether oxygens (including phenoxy) is 1. The summed E-state index contributed by atoms with van der Waals surface area (Å²) in [5.74, 6) is 0. The number of hydrogen-bond acceptors (Lipinski definition) is 4. The van der Waals surface area contributed by atoms with E-state index in [9.17, 15) is 18.3 Å². The molecule has 21 heavy (non-hydrogen) atoms. The lowest BCUT2D eigenvalue weighted by atomic mass is 9.76. The number of hydrogen-bond donors (Lipinski definition) is 1. The molecule has 1 aromatic rings.